The quantitative estimate of drug-likeness (QED) is 0.143. The highest BCUT2D eigenvalue weighted by Crippen LogP contribution is 2.41. The molecule has 2 aliphatic rings. The van der Waals surface area contributed by atoms with Gasteiger partial charge in [0.05, 0.1) is 17.2 Å². The van der Waals surface area contributed by atoms with Crippen molar-refractivity contribution in [3.8, 4) is 62.7 Å². The SMILES string of the molecule is CC1C(c2nc(-c3ccccc3)nc(-c3ccncc3)n2)=CC=CC1c1ccc(C#N)c(-c2cccc(-c3nc(-c4ccccc4)n4[n+]3C4c3ccncc3)c2)c1. The van der Waals surface area contributed by atoms with E-state index >= 15 is 0 Å². The van der Waals surface area contributed by atoms with E-state index in [9.17, 15) is 5.26 Å². The van der Waals surface area contributed by atoms with Crippen molar-refractivity contribution in [1.29, 1.82) is 5.26 Å². The molecule has 0 bridgehead atoms. The minimum atomic E-state index is 0.00971. The largest absolute Gasteiger partial charge is 0.354 e. The molecule has 4 aromatic carbocycles. The van der Waals surface area contributed by atoms with Gasteiger partial charge in [0, 0.05) is 58.5 Å². The number of aromatic nitrogens is 8. The Morgan fingerprint density at radius 2 is 1.23 bits per heavy atom. The molecule has 8 aromatic rings. The summed E-state index contributed by atoms with van der Waals surface area (Å²) in [5.74, 6) is 3.65. The molecule has 270 valence electrons. The number of nitriles is 1. The van der Waals surface area contributed by atoms with Crippen molar-refractivity contribution in [2.24, 2.45) is 5.92 Å². The van der Waals surface area contributed by atoms with Gasteiger partial charge in [-0.25, -0.2) is 15.0 Å². The first kappa shape index (κ1) is 33.8. The van der Waals surface area contributed by atoms with Crippen LogP contribution in [0.25, 0.3) is 62.3 Å². The normalized spacial score (nSPS) is 16.7. The van der Waals surface area contributed by atoms with Gasteiger partial charge in [0.1, 0.15) is 0 Å². The van der Waals surface area contributed by atoms with Gasteiger partial charge in [-0.1, -0.05) is 91.9 Å². The summed E-state index contributed by atoms with van der Waals surface area (Å²) < 4.78 is 4.45. The van der Waals surface area contributed by atoms with Crippen molar-refractivity contribution in [2.45, 2.75) is 19.0 Å². The van der Waals surface area contributed by atoms with Gasteiger partial charge in [-0.2, -0.15) is 5.26 Å². The molecule has 1 aliphatic carbocycles. The molecule has 0 radical (unpaired) electrons. The predicted molar refractivity (Wildman–Crippen MR) is 219 cm³/mol. The minimum Gasteiger partial charge on any atom is -0.265 e. The summed E-state index contributed by atoms with van der Waals surface area (Å²) in [4.78, 5) is 28.5. The second-order valence-corrected chi connectivity index (χ2v) is 14.2. The summed E-state index contributed by atoms with van der Waals surface area (Å²) in [7, 11) is 0. The van der Waals surface area contributed by atoms with Gasteiger partial charge in [0.2, 0.25) is 0 Å². The summed E-state index contributed by atoms with van der Waals surface area (Å²) in [6.45, 7) is 2.21. The minimum absolute atomic E-state index is 0.00971. The average molecular weight is 737 g/mol. The number of hydrogen-bond acceptors (Lipinski definition) is 7. The van der Waals surface area contributed by atoms with E-state index in [1.165, 1.54) is 0 Å². The van der Waals surface area contributed by atoms with E-state index in [4.69, 9.17) is 19.9 Å². The van der Waals surface area contributed by atoms with Crippen LogP contribution < -0.4 is 4.68 Å². The Morgan fingerprint density at radius 3 is 1.95 bits per heavy atom. The van der Waals surface area contributed by atoms with Crippen LogP contribution in [0.5, 0.6) is 0 Å². The summed E-state index contributed by atoms with van der Waals surface area (Å²) in [5, 5.41) is 10.4. The maximum atomic E-state index is 10.4. The van der Waals surface area contributed by atoms with Crippen molar-refractivity contribution in [2.75, 3.05) is 0 Å². The molecule has 3 atom stereocenters. The van der Waals surface area contributed by atoms with Crippen LogP contribution in [-0.4, -0.2) is 34.6 Å². The van der Waals surface area contributed by atoms with Gasteiger partial charge in [-0.15, -0.1) is 9.36 Å². The molecule has 0 saturated heterocycles. The average Bonchev–Trinajstić information content (AvgIpc) is 3.89. The molecule has 10 rings (SSSR count). The van der Waals surface area contributed by atoms with E-state index in [0.717, 1.165) is 61.7 Å². The summed E-state index contributed by atoms with van der Waals surface area (Å²) in [6, 6.07) is 45.2. The molecule has 0 N–H and O–H groups in total. The molecule has 3 unspecified atom stereocenters. The number of nitrogens with zero attached hydrogens (tertiary/aromatic N) is 9. The molecule has 0 amide bonds. The number of hydrogen-bond donors (Lipinski definition) is 0. The maximum Gasteiger partial charge on any atom is 0.354 e. The van der Waals surface area contributed by atoms with E-state index in [0.29, 0.717) is 23.0 Å². The number of fused-ring (bicyclic) bond motifs is 1. The van der Waals surface area contributed by atoms with E-state index in [2.05, 4.69) is 105 Å². The lowest BCUT2D eigenvalue weighted by atomic mass is 9.78. The molecule has 5 heterocycles. The zero-order chi connectivity index (χ0) is 38.3. The highest BCUT2D eigenvalue weighted by atomic mass is 15.7. The van der Waals surface area contributed by atoms with Crippen molar-refractivity contribution in [1.82, 2.24) is 34.6 Å². The Kier molecular flexibility index (Phi) is 8.42. The highest BCUT2D eigenvalue weighted by Gasteiger charge is 2.50. The van der Waals surface area contributed by atoms with Crippen LogP contribution in [0.2, 0.25) is 0 Å². The maximum absolute atomic E-state index is 10.4. The Labute approximate surface area is 329 Å². The molecular formula is C48H34N9+. The number of rotatable bonds is 8. The van der Waals surface area contributed by atoms with Crippen molar-refractivity contribution in [3.05, 3.63) is 193 Å². The lowest BCUT2D eigenvalue weighted by molar-refractivity contribution is -0.602. The van der Waals surface area contributed by atoms with Gasteiger partial charge < -0.3 is 0 Å². The first-order valence-electron chi connectivity index (χ1n) is 18.9. The van der Waals surface area contributed by atoms with E-state index < -0.39 is 0 Å². The molecule has 4 aromatic heterocycles. The van der Waals surface area contributed by atoms with Crippen LogP contribution >= 0.6 is 0 Å². The smallest absolute Gasteiger partial charge is 0.265 e. The molecule has 57 heavy (non-hydrogen) atoms. The van der Waals surface area contributed by atoms with Gasteiger partial charge in [-0.3, -0.25) is 9.97 Å². The fourth-order valence-electron chi connectivity index (χ4n) is 7.86. The zero-order valence-corrected chi connectivity index (χ0v) is 30.9. The fraction of sp³-hybridized carbons (Fsp3) is 0.0833. The van der Waals surface area contributed by atoms with Crippen molar-refractivity contribution >= 4 is 5.57 Å². The predicted octanol–water partition coefficient (Wildman–Crippen LogP) is 9.13. The lowest BCUT2D eigenvalue weighted by Gasteiger charge is -2.27. The van der Waals surface area contributed by atoms with E-state index in [1.54, 1.807) is 12.4 Å². The first-order valence-corrected chi connectivity index (χ1v) is 18.9. The molecular weight excluding hydrogens is 703 g/mol. The summed E-state index contributed by atoms with van der Waals surface area (Å²) in [5.41, 5.74) is 9.51. The van der Waals surface area contributed by atoms with Crippen LogP contribution in [0.1, 0.15) is 41.5 Å². The standard InChI is InChI=1S/C48H34N9/c1-31-40(16-9-17-41(31)45-53-43(32-10-4-2-5-11-32)52-44(54-45)33-20-24-50-25-21-33)37-18-19-39(30-49)42(29-37)36-14-8-15-38(28-36)47-55-46(34-12-6-3-7-13-34)56-48(57(47)56)35-22-26-51-27-23-35/h2-29,31,40,48H,1H3/q+1. The Balaban J connectivity index is 1.01. The molecule has 0 fully saturated rings. The molecule has 9 heteroatoms. The Morgan fingerprint density at radius 1 is 0.596 bits per heavy atom. The van der Waals surface area contributed by atoms with Crippen LogP contribution in [0.4, 0.5) is 0 Å². The Hall–Kier alpha value is -7.70. The van der Waals surface area contributed by atoms with Crippen LogP contribution in [0.3, 0.4) is 0 Å². The Bertz CT molecular complexity index is 2820. The van der Waals surface area contributed by atoms with Crippen LogP contribution in [0.15, 0.2) is 170 Å². The second kappa shape index (κ2) is 14.2. The third-order valence-corrected chi connectivity index (χ3v) is 10.8. The van der Waals surface area contributed by atoms with E-state index in [-0.39, 0.29) is 18.0 Å². The monoisotopic (exact) mass is 736 g/mol. The van der Waals surface area contributed by atoms with Crippen LogP contribution in [-0.2, 0) is 0 Å². The van der Waals surface area contributed by atoms with Gasteiger partial charge in [0.25, 0.3) is 12.0 Å². The lowest BCUT2D eigenvalue weighted by Crippen LogP contribution is -2.19. The first-order chi connectivity index (χ1) is 28.1. The highest BCUT2D eigenvalue weighted by molar-refractivity contribution is 5.77. The number of allylic oxidation sites excluding steroid dienone is 4. The third kappa shape index (κ3) is 6.19. The summed E-state index contributed by atoms with van der Waals surface area (Å²) >= 11 is 0. The van der Waals surface area contributed by atoms with E-state index in [1.807, 2.05) is 85.2 Å². The third-order valence-electron chi connectivity index (χ3n) is 10.8. The second-order valence-electron chi connectivity index (χ2n) is 14.2. The molecule has 1 aliphatic heterocycles. The van der Waals surface area contributed by atoms with Gasteiger partial charge >= 0.3 is 5.82 Å². The van der Waals surface area contributed by atoms with Gasteiger partial charge in [0.15, 0.2) is 17.5 Å². The molecule has 0 spiro atoms. The topological polar surface area (TPSA) is 110 Å². The fourth-order valence-corrected chi connectivity index (χ4v) is 7.86. The zero-order valence-electron chi connectivity index (χ0n) is 30.9. The summed E-state index contributed by atoms with van der Waals surface area (Å²) in [6.07, 6.45) is 13.6. The number of pyridine rings is 2. The molecule has 9 nitrogen and oxygen atoms in total. The number of benzene rings is 4. The van der Waals surface area contributed by atoms with Crippen molar-refractivity contribution in [3.63, 3.8) is 0 Å². The van der Waals surface area contributed by atoms with Crippen LogP contribution in [0, 0.1) is 17.2 Å². The van der Waals surface area contributed by atoms with Gasteiger partial charge in [-0.05, 0) is 88.3 Å². The molecule has 0 saturated carbocycles. The van der Waals surface area contributed by atoms with Crippen molar-refractivity contribution < 1.29 is 4.68 Å².